The summed E-state index contributed by atoms with van der Waals surface area (Å²) in [5.41, 5.74) is 3.82. The van der Waals surface area contributed by atoms with Gasteiger partial charge in [-0.1, -0.05) is 60.7 Å². The fourth-order valence-corrected chi connectivity index (χ4v) is 3.46. The van der Waals surface area contributed by atoms with Crippen molar-refractivity contribution < 1.29 is 4.74 Å². The second-order valence-electron chi connectivity index (χ2n) is 6.31. The minimum atomic E-state index is -0.0957. The summed E-state index contributed by atoms with van der Waals surface area (Å²) in [5.74, 6) is 0.659. The van der Waals surface area contributed by atoms with E-state index in [1.54, 1.807) is 12.4 Å². The fourth-order valence-electron chi connectivity index (χ4n) is 3.46. The zero-order valence-electron chi connectivity index (χ0n) is 14.2. The van der Waals surface area contributed by atoms with Crippen molar-refractivity contribution in [2.75, 3.05) is 0 Å². The van der Waals surface area contributed by atoms with Gasteiger partial charge in [0.15, 0.2) is 0 Å². The summed E-state index contributed by atoms with van der Waals surface area (Å²) < 4.78 is 6.36. The zero-order chi connectivity index (χ0) is 17.8. The molecule has 4 rings (SSSR count). The predicted octanol–water partition coefficient (Wildman–Crippen LogP) is 5.26. The highest BCUT2D eigenvalue weighted by Gasteiger charge is 2.33. The molecule has 0 radical (unpaired) electrons. The van der Waals surface area contributed by atoms with Gasteiger partial charge >= 0.3 is 0 Å². The van der Waals surface area contributed by atoms with Gasteiger partial charge in [0.25, 0.3) is 0 Å². The highest BCUT2D eigenvalue weighted by atomic mass is 16.5. The van der Waals surface area contributed by atoms with Gasteiger partial charge in [0.1, 0.15) is 11.9 Å². The van der Waals surface area contributed by atoms with E-state index in [1.807, 2.05) is 60.7 Å². The molecule has 2 atom stereocenters. The van der Waals surface area contributed by atoms with E-state index in [2.05, 4.69) is 23.2 Å². The Hall–Kier alpha value is -3.38. The van der Waals surface area contributed by atoms with Crippen LogP contribution in [-0.2, 0) is 4.74 Å². The molecule has 0 unspecified atom stereocenters. The van der Waals surface area contributed by atoms with Crippen molar-refractivity contribution in [1.29, 1.82) is 5.26 Å². The lowest BCUT2D eigenvalue weighted by Crippen LogP contribution is -2.19. The van der Waals surface area contributed by atoms with E-state index >= 15 is 0 Å². The third-order valence-electron chi connectivity index (χ3n) is 4.74. The van der Waals surface area contributed by atoms with Crippen molar-refractivity contribution >= 4 is 5.76 Å². The quantitative estimate of drug-likeness (QED) is 0.654. The third kappa shape index (κ3) is 3.10. The third-order valence-corrected chi connectivity index (χ3v) is 4.74. The minimum absolute atomic E-state index is 0.0165. The molecule has 1 aliphatic heterocycles. The number of pyridine rings is 1. The Labute approximate surface area is 153 Å². The van der Waals surface area contributed by atoms with E-state index in [0.717, 1.165) is 23.1 Å². The van der Waals surface area contributed by atoms with Crippen molar-refractivity contribution in [3.63, 3.8) is 0 Å². The standard InChI is InChI=1S/C23H18N2O/c24-16-21-20(17-11-13-25-14-12-17)15-22(18-7-3-1-4-8-18)26-23(21)19-9-5-2-6-10-19/h1-14,20,22H,15H2/t20-,22+/m0/s1. The van der Waals surface area contributed by atoms with E-state index in [4.69, 9.17) is 4.74 Å². The average molecular weight is 338 g/mol. The Morgan fingerprint density at radius 2 is 1.50 bits per heavy atom. The Kier molecular flexibility index (Phi) is 4.49. The van der Waals surface area contributed by atoms with Crippen LogP contribution in [0, 0.1) is 11.3 Å². The first kappa shape index (κ1) is 16.1. The number of hydrogen-bond donors (Lipinski definition) is 0. The minimum Gasteiger partial charge on any atom is -0.484 e. The molecular formula is C23H18N2O. The van der Waals surface area contributed by atoms with Crippen LogP contribution >= 0.6 is 0 Å². The molecule has 0 spiro atoms. The summed E-state index contributed by atoms with van der Waals surface area (Å²) in [6.07, 6.45) is 4.19. The van der Waals surface area contributed by atoms with Gasteiger partial charge in [-0.2, -0.15) is 5.26 Å². The number of nitriles is 1. The lowest BCUT2D eigenvalue weighted by molar-refractivity contribution is 0.138. The molecule has 0 fully saturated rings. The SMILES string of the molecule is N#CC1=C(c2ccccc2)O[C@@H](c2ccccc2)C[C@H]1c1ccncc1. The van der Waals surface area contributed by atoms with E-state index in [1.165, 1.54) is 0 Å². The van der Waals surface area contributed by atoms with Crippen molar-refractivity contribution in [3.05, 3.63) is 107 Å². The summed E-state index contributed by atoms with van der Waals surface area (Å²) in [6.45, 7) is 0. The summed E-state index contributed by atoms with van der Waals surface area (Å²) in [6, 6.07) is 26.5. The molecule has 0 bridgehead atoms. The highest BCUT2D eigenvalue weighted by molar-refractivity contribution is 5.70. The van der Waals surface area contributed by atoms with Crippen molar-refractivity contribution in [2.45, 2.75) is 18.4 Å². The molecule has 2 aromatic carbocycles. The normalized spacial score (nSPS) is 19.5. The first-order valence-corrected chi connectivity index (χ1v) is 8.68. The number of hydrogen-bond acceptors (Lipinski definition) is 3. The maximum absolute atomic E-state index is 9.91. The number of rotatable bonds is 3. The van der Waals surface area contributed by atoms with E-state index in [9.17, 15) is 5.26 Å². The average Bonchev–Trinajstić information content (AvgIpc) is 2.74. The molecular weight excluding hydrogens is 320 g/mol. The summed E-state index contributed by atoms with van der Waals surface area (Å²) >= 11 is 0. The molecule has 26 heavy (non-hydrogen) atoms. The van der Waals surface area contributed by atoms with Crippen molar-refractivity contribution in [2.24, 2.45) is 0 Å². The van der Waals surface area contributed by atoms with Gasteiger partial charge in [0.2, 0.25) is 0 Å². The molecule has 0 saturated carbocycles. The summed E-state index contributed by atoms with van der Waals surface area (Å²) in [7, 11) is 0. The molecule has 0 saturated heterocycles. The number of benzene rings is 2. The van der Waals surface area contributed by atoms with Crippen molar-refractivity contribution in [1.82, 2.24) is 4.98 Å². The predicted molar refractivity (Wildman–Crippen MR) is 101 cm³/mol. The first-order valence-electron chi connectivity index (χ1n) is 8.68. The van der Waals surface area contributed by atoms with Crippen molar-refractivity contribution in [3.8, 4) is 6.07 Å². The topological polar surface area (TPSA) is 45.9 Å². The Bertz CT molecular complexity index is 944. The van der Waals surface area contributed by atoms with Gasteiger partial charge in [-0.3, -0.25) is 4.98 Å². The maximum atomic E-state index is 9.91. The number of ether oxygens (including phenoxy) is 1. The summed E-state index contributed by atoms with van der Waals surface area (Å²) in [4.78, 5) is 4.12. The monoisotopic (exact) mass is 338 g/mol. The maximum Gasteiger partial charge on any atom is 0.141 e. The smallest absolute Gasteiger partial charge is 0.141 e. The molecule has 3 heteroatoms. The van der Waals surface area contributed by atoms with Crippen LogP contribution in [0.2, 0.25) is 0 Å². The van der Waals surface area contributed by atoms with Crippen LogP contribution in [0.1, 0.15) is 35.1 Å². The van der Waals surface area contributed by atoms with Gasteiger partial charge in [-0.05, 0) is 23.3 Å². The van der Waals surface area contributed by atoms with Crippen LogP contribution in [0.5, 0.6) is 0 Å². The van der Waals surface area contributed by atoms with Gasteiger partial charge in [-0.25, -0.2) is 0 Å². The van der Waals surface area contributed by atoms with E-state index < -0.39 is 0 Å². The van der Waals surface area contributed by atoms with Crippen LogP contribution in [0.3, 0.4) is 0 Å². The van der Waals surface area contributed by atoms with E-state index in [-0.39, 0.29) is 12.0 Å². The van der Waals surface area contributed by atoms with Crippen LogP contribution in [0.25, 0.3) is 5.76 Å². The van der Waals surface area contributed by atoms with Crippen LogP contribution < -0.4 is 0 Å². The number of nitrogens with zero attached hydrogens (tertiary/aromatic N) is 2. The molecule has 0 amide bonds. The largest absolute Gasteiger partial charge is 0.484 e. The van der Waals surface area contributed by atoms with Gasteiger partial charge in [0.05, 0.1) is 11.6 Å². The van der Waals surface area contributed by atoms with Gasteiger partial charge in [-0.15, -0.1) is 0 Å². The van der Waals surface area contributed by atoms with E-state index in [0.29, 0.717) is 11.3 Å². The van der Waals surface area contributed by atoms with Gasteiger partial charge in [0, 0.05) is 30.3 Å². The molecule has 1 aromatic heterocycles. The fraction of sp³-hybridized carbons (Fsp3) is 0.130. The molecule has 0 N–H and O–H groups in total. The molecule has 3 nitrogen and oxygen atoms in total. The Morgan fingerprint density at radius 3 is 2.15 bits per heavy atom. The highest BCUT2D eigenvalue weighted by Crippen LogP contribution is 2.45. The van der Waals surface area contributed by atoms with Crippen LogP contribution in [0.4, 0.5) is 0 Å². The summed E-state index contributed by atoms with van der Waals surface area (Å²) in [5, 5.41) is 9.91. The zero-order valence-corrected chi connectivity index (χ0v) is 14.2. The van der Waals surface area contributed by atoms with Crippen LogP contribution in [0.15, 0.2) is 90.8 Å². The van der Waals surface area contributed by atoms with Crippen LogP contribution in [-0.4, -0.2) is 4.98 Å². The second kappa shape index (κ2) is 7.25. The first-order chi connectivity index (χ1) is 12.9. The lowest BCUT2D eigenvalue weighted by atomic mass is 9.82. The molecule has 126 valence electrons. The number of aromatic nitrogens is 1. The lowest BCUT2D eigenvalue weighted by Gasteiger charge is -2.32. The molecule has 2 heterocycles. The Morgan fingerprint density at radius 1 is 0.846 bits per heavy atom. The molecule has 1 aliphatic rings. The van der Waals surface area contributed by atoms with Gasteiger partial charge < -0.3 is 4.74 Å². The number of allylic oxidation sites excluding steroid dienone is 1. The Balaban J connectivity index is 1.84. The molecule has 0 aliphatic carbocycles. The molecule has 3 aromatic rings. The second-order valence-corrected chi connectivity index (χ2v) is 6.31.